The Labute approximate surface area is 263 Å². The van der Waals surface area contributed by atoms with Gasteiger partial charge in [0, 0.05) is 18.9 Å². The summed E-state index contributed by atoms with van der Waals surface area (Å²) < 4.78 is 31.1. The zero-order valence-electron chi connectivity index (χ0n) is 26.5. The smallest absolute Gasteiger partial charge is 0.306 e. The van der Waals surface area contributed by atoms with Crippen LogP contribution in [0.2, 0.25) is 0 Å². The van der Waals surface area contributed by atoms with Crippen molar-refractivity contribution in [2.75, 3.05) is 6.61 Å². The van der Waals surface area contributed by atoms with E-state index in [9.17, 15) is 9.59 Å². The molecule has 4 rings (SSSR count). The maximum atomic E-state index is 13.2. The van der Waals surface area contributed by atoms with Gasteiger partial charge in [0.15, 0.2) is 18.7 Å². The molecule has 8 nitrogen and oxygen atoms in total. The first-order valence-electron chi connectivity index (χ1n) is 16.6. The van der Waals surface area contributed by atoms with Crippen molar-refractivity contribution < 1.29 is 33.3 Å². The van der Waals surface area contributed by atoms with Crippen molar-refractivity contribution >= 4 is 11.9 Å². The van der Waals surface area contributed by atoms with Gasteiger partial charge in [0.05, 0.1) is 13.2 Å². The first kappa shape index (κ1) is 34.1. The molecular formula is C36H51NO7. The van der Waals surface area contributed by atoms with Crippen molar-refractivity contribution in [3.05, 3.63) is 71.8 Å². The van der Waals surface area contributed by atoms with E-state index in [-0.39, 0.29) is 25.1 Å². The van der Waals surface area contributed by atoms with Gasteiger partial charge in [-0.15, -0.1) is 0 Å². The minimum absolute atomic E-state index is 0.231. The number of nitrogens with one attached hydrogen (secondary N) is 1. The molecule has 0 spiro atoms. The summed E-state index contributed by atoms with van der Waals surface area (Å²) in [6.45, 7) is 4.18. The second kappa shape index (κ2) is 18.9. The molecule has 1 N–H and O–H groups in total. The standard InChI is InChI=1S/C36H51NO7/c1-3-4-5-6-7-8-9-10-11-12-19-24-31(39)43-34-32(37-27(2)38)36(40-25-28-20-15-13-16-21-28)42-30-26-41-35(44-33(30)34)29-22-17-14-18-23-29/h13-18,20-23,30,32-36H,3-12,19,24-26H2,1-2H3,(H,37,38)/t30-,32+,33-,34-,35-,36-/m1/s1. The third kappa shape index (κ3) is 11.0. The summed E-state index contributed by atoms with van der Waals surface area (Å²) in [6, 6.07) is 18.6. The van der Waals surface area contributed by atoms with Gasteiger partial charge in [0.25, 0.3) is 0 Å². The summed E-state index contributed by atoms with van der Waals surface area (Å²) in [6.07, 6.45) is 10.1. The molecule has 2 aliphatic heterocycles. The lowest BCUT2D eigenvalue weighted by atomic mass is 9.95. The Morgan fingerprint density at radius 2 is 1.43 bits per heavy atom. The lowest BCUT2D eigenvalue weighted by molar-refractivity contribution is -0.346. The second-order valence-electron chi connectivity index (χ2n) is 12.0. The number of esters is 1. The summed E-state index contributed by atoms with van der Waals surface area (Å²) in [4.78, 5) is 25.6. The highest BCUT2D eigenvalue weighted by atomic mass is 16.8. The van der Waals surface area contributed by atoms with Gasteiger partial charge in [0.2, 0.25) is 5.91 Å². The Kier molecular flexibility index (Phi) is 14.6. The molecular weight excluding hydrogens is 558 g/mol. The predicted molar refractivity (Wildman–Crippen MR) is 168 cm³/mol. The van der Waals surface area contributed by atoms with Crippen molar-refractivity contribution in [3.63, 3.8) is 0 Å². The number of carbonyl (C=O) groups is 2. The van der Waals surface area contributed by atoms with Gasteiger partial charge in [-0.3, -0.25) is 9.59 Å². The number of carbonyl (C=O) groups excluding carboxylic acids is 2. The van der Waals surface area contributed by atoms with Gasteiger partial charge in [0.1, 0.15) is 18.2 Å². The number of fused-ring (bicyclic) bond motifs is 1. The minimum atomic E-state index is -0.861. The number of hydrogen-bond acceptors (Lipinski definition) is 7. The van der Waals surface area contributed by atoms with Crippen LogP contribution in [0.4, 0.5) is 0 Å². The zero-order valence-corrected chi connectivity index (χ0v) is 26.5. The molecule has 0 aliphatic carbocycles. The van der Waals surface area contributed by atoms with Gasteiger partial charge in [-0.25, -0.2) is 0 Å². The van der Waals surface area contributed by atoms with Crippen molar-refractivity contribution in [2.24, 2.45) is 0 Å². The van der Waals surface area contributed by atoms with Crippen molar-refractivity contribution in [1.29, 1.82) is 0 Å². The molecule has 2 aromatic rings. The van der Waals surface area contributed by atoms with Crippen molar-refractivity contribution in [1.82, 2.24) is 5.32 Å². The number of benzene rings is 2. The summed E-state index contributed by atoms with van der Waals surface area (Å²) in [7, 11) is 0. The van der Waals surface area contributed by atoms with Crippen LogP contribution < -0.4 is 5.32 Å². The molecule has 1 amide bonds. The molecule has 0 unspecified atom stereocenters. The number of amides is 1. The fourth-order valence-corrected chi connectivity index (χ4v) is 5.92. The number of hydrogen-bond donors (Lipinski definition) is 1. The summed E-state index contributed by atoms with van der Waals surface area (Å²) >= 11 is 0. The van der Waals surface area contributed by atoms with Crippen LogP contribution in [0.25, 0.3) is 0 Å². The zero-order chi connectivity index (χ0) is 31.0. The van der Waals surface area contributed by atoms with E-state index in [0.29, 0.717) is 6.42 Å². The Bertz CT molecular complexity index is 1100. The highest BCUT2D eigenvalue weighted by molar-refractivity contribution is 5.73. The van der Waals surface area contributed by atoms with E-state index in [1.165, 1.54) is 58.3 Å². The molecule has 0 radical (unpaired) electrons. The van der Waals surface area contributed by atoms with Crippen LogP contribution in [0, 0.1) is 0 Å². The fourth-order valence-electron chi connectivity index (χ4n) is 5.92. The summed E-state index contributed by atoms with van der Waals surface area (Å²) in [5.74, 6) is -0.585. The van der Waals surface area contributed by atoms with Crippen LogP contribution >= 0.6 is 0 Å². The van der Waals surface area contributed by atoms with E-state index < -0.39 is 36.9 Å². The molecule has 2 fully saturated rings. The number of ether oxygens (including phenoxy) is 5. The maximum Gasteiger partial charge on any atom is 0.306 e. The quantitative estimate of drug-likeness (QED) is 0.142. The highest BCUT2D eigenvalue weighted by Gasteiger charge is 2.52. The van der Waals surface area contributed by atoms with Crippen molar-refractivity contribution in [3.8, 4) is 0 Å². The monoisotopic (exact) mass is 609 g/mol. The van der Waals surface area contributed by atoms with E-state index in [2.05, 4.69) is 12.2 Å². The molecule has 6 atom stereocenters. The lowest BCUT2D eigenvalue weighted by Crippen LogP contribution is -2.67. The van der Waals surface area contributed by atoms with Crippen LogP contribution in [-0.2, 0) is 39.9 Å². The van der Waals surface area contributed by atoms with Crippen LogP contribution in [-0.4, -0.2) is 49.1 Å². The van der Waals surface area contributed by atoms with E-state index >= 15 is 0 Å². The van der Waals surface area contributed by atoms with E-state index in [1.807, 2.05) is 60.7 Å². The third-order valence-corrected chi connectivity index (χ3v) is 8.29. The molecule has 2 saturated heterocycles. The Morgan fingerprint density at radius 1 is 0.818 bits per heavy atom. The van der Waals surface area contributed by atoms with Gasteiger partial charge in [-0.2, -0.15) is 0 Å². The predicted octanol–water partition coefficient (Wildman–Crippen LogP) is 7.16. The lowest BCUT2D eigenvalue weighted by Gasteiger charge is -2.48. The number of rotatable bonds is 18. The van der Waals surface area contributed by atoms with Crippen LogP contribution in [0.5, 0.6) is 0 Å². The van der Waals surface area contributed by atoms with Crippen molar-refractivity contribution in [2.45, 2.75) is 134 Å². The van der Waals surface area contributed by atoms with E-state index in [4.69, 9.17) is 23.7 Å². The van der Waals surface area contributed by atoms with Crippen LogP contribution in [0.3, 0.4) is 0 Å². The maximum absolute atomic E-state index is 13.2. The number of unbranched alkanes of at least 4 members (excludes halogenated alkanes) is 10. The highest BCUT2D eigenvalue weighted by Crippen LogP contribution is 2.36. The normalized spacial score (nSPS) is 24.8. The van der Waals surface area contributed by atoms with Gasteiger partial charge < -0.3 is 29.0 Å². The molecule has 242 valence electrons. The Morgan fingerprint density at radius 3 is 2.07 bits per heavy atom. The second-order valence-corrected chi connectivity index (χ2v) is 12.0. The van der Waals surface area contributed by atoms with Gasteiger partial charge in [-0.1, -0.05) is 132 Å². The Hall–Kier alpha value is -2.78. The largest absolute Gasteiger partial charge is 0.457 e. The minimum Gasteiger partial charge on any atom is -0.457 e. The van der Waals surface area contributed by atoms with Gasteiger partial charge in [-0.05, 0) is 12.0 Å². The Balaban J connectivity index is 1.36. The molecule has 0 saturated carbocycles. The molecule has 0 aromatic heterocycles. The summed E-state index contributed by atoms with van der Waals surface area (Å²) in [5, 5.41) is 2.94. The molecule has 8 heteroatoms. The topological polar surface area (TPSA) is 92.3 Å². The molecule has 2 heterocycles. The average molecular weight is 610 g/mol. The molecule has 44 heavy (non-hydrogen) atoms. The SMILES string of the molecule is CCCCCCCCCCCCCC(=O)O[C@@H]1[C@H](NC(C)=O)[C@H](OCc2ccccc2)O[C@@H]2CO[C@@H](c3ccccc3)O[C@@H]12. The molecule has 2 aliphatic rings. The fraction of sp³-hybridized carbons (Fsp3) is 0.611. The first-order chi connectivity index (χ1) is 21.5. The van der Waals surface area contributed by atoms with E-state index in [0.717, 1.165) is 30.4 Å². The van der Waals surface area contributed by atoms with Crippen LogP contribution in [0.15, 0.2) is 60.7 Å². The average Bonchev–Trinajstić information content (AvgIpc) is 3.04. The summed E-state index contributed by atoms with van der Waals surface area (Å²) in [5.41, 5.74) is 1.82. The third-order valence-electron chi connectivity index (χ3n) is 8.29. The molecule has 0 bridgehead atoms. The van der Waals surface area contributed by atoms with Crippen LogP contribution in [0.1, 0.15) is 108 Å². The van der Waals surface area contributed by atoms with Gasteiger partial charge >= 0.3 is 5.97 Å². The first-order valence-corrected chi connectivity index (χ1v) is 16.6. The van der Waals surface area contributed by atoms with E-state index in [1.54, 1.807) is 0 Å². The molecule has 2 aromatic carbocycles.